The molecule has 1 unspecified atom stereocenters. The number of anilines is 2. The first-order chi connectivity index (χ1) is 23.2. The lowest BCUT2D eigenvalue weighted by atomic mass is 10.1. The van der Waals surface area contributed by atoms with Crippen molar-refractivity contribution in [2.45, 2.75) is 24.0 Å². The molecule has 0 aliphatic heterocycles. The van der Waals surface area contributed by atoms with Crippen LogP contribution in [0.2, 0.25) is 0 Å². The number of nitrogens with one attached hydrogen (secondary N) is 3. The van der Waals surface area contributed by atoms with Crippen LogP contribution in [-0.4, -0.2) is 42.2 Å². The Balaban J connectivity index is 1.29. The summed E-state index contributed by atoms with van der Waals surface area (Å²) in [7, 11) is 3.06. The fourth-order valence-corrected chi connectivity index (χ4v) is 6.18. The van der Waals surface area contributed by atoms with Crippen molar-refractivity contribution in [1.82, 2.24) is 10.3 Å². The van der Waals surface area contributed by atoms with Gasteiger partial charge in [-0.15, -0.1) is 23.1 Å². The van der Waals surface area contributed by atoms with Gasteiger partial charge in [-0.3, -0.25) is 14.4 Å². The number of aromatic nitrogens is 1. The van der Waals surface area contributed by atoms with Crippen LogP contribution in [0.15, 0.2) is 113 Å². The SMILES string of the molecule is COc1ccc(/C=C(/NC(=O)c2ccccc2)C(=O)Nc2cccc(SC(C)C(=O)Nc3nc(-c4ccc(C)cc4)cs3)c2)c(OC)c1. The molecular formula is C37H34N4O5S2. The zero-order valence-electron chi connectivity index (χ0n) is 26.8. The third kappa shape index (κ3) is 8.90. The van der Waals surface area contributed by atoms with Gasteiger partial charge < -0.3 is 25.4 Å². The van der Waals surface area contributed by atoms with Crippen LogP contribution < -0.4 is 25.4 Å². The lowest BCUT2D eigenvalue weighted by molar-refractivity contribution is -0.115. The van der Waals surface area contributed by atoms with E-state index in [-0.39, 0.29) is 11.6 Å². The molecule has 1 atom stereocenters. The third-order valence-corrected chi connectivity index (χ3v) is 8.98. The fourth-order valence-electron chi connectivity index (χ4n) is 4.53. The Hall–Kier alpha value is -5.39. The number of carbonyl (C=O) groups excluding carboxylic acids is 3. The third-order valence-electron chi connectivity index (χ3n) is 7.12. The van der Waals surface area contributed by atoms with E-state index in [1.165, 1.54) is 30.2 Å². The maximum atomic E-state index is 13.6. The number of benzene rings is 4. The van der Waals surface area contributed by atoms with Crippen LogP contribution in [0.4, 0.5) is 10.8 Å². The minimum absolute atomic E-state index is 0.00609. The van der Waals surface area contributed by atoms with Crippen molar-refractivity contribution in [2.75, 3.05) is 24.9 Å². The van der Waals surface area contributed by atoms with Gasteiger partial charge in [0, 0.05) is 38.7 Å². The molecule has 5 rings (SSSR count). The summed E-state index contributed by atoms with van der Waals surface area (Å²) in [5, 5.41) is 10.5. The van der Waals surface area contributed by atoms with E-state index in [1.807, 2.05) is 49.6 Å². The minimum Gasteiger partial charge on any atom is -0.497 e. The van der Waals surface area contributed by atoms with Gasteiger partial charge in [0.2, 0.25) is 5.91 Å². The number of hydrogen-bond donors (Lipinski definition) is 3. The molecule has 48 heavy (non-hydrogen) atoms. The summed E-state index contributed by atoms with van der Waals surface area (Å²) < 4.78 is 10.8. The summed E-state index contributed by atoms with van der Waals surface area (Å²) >= 11 is 2.72. The Kier molecular flexibility index (Phi) is 11.3. The molecule has 1 heterocycles. The van der Waals surface area contributed by atoms with E-state index < -0.39 is 17.1 Å². The van der Waals surface area contributed by atoms with Gasteiger partial charge in [0.05, 0.1) is 25.2 Å². The topological polar surface area (TPSA) is 119 Å². The van der Waals surface area contributed by atoms with E-state index >= 15 is 0 Å². The summed E-state index contributed by atoms with van der Waals surface area (Å²) in [5.41, 5.74) is 4.41. The molecule has 0 fully saturated rings. The first-order valence-corrected chi connectivity index (χ1v) is 16.7. The molecule has 11 heteroatoms. The summed E-state index contributed by atoms with van der Waals surface area (Å²) in [4.78, 5) is 45.1. The van der Waals surface area contributed by atoms with E-state index in [9.17, 15) is 14.4 Å². The van der Waals surface area contributed by atoms with Crippen LogP contribution in [0.5, 0.6) is 11.5 Å². The van der Waals surface area contributed by atoms with E-state index in [2.05, 4.69) is 20.9 Å². The van der Waals surface area contributed by atoms with E-state index in [0.717, 1.165) is 21.7 Å². The second-order valence-corrected chi connectivity index (χ2v) is 12.9. The maximum absolute atomic E-state index is 13.6. The van der Waals surface area contributed by atoms with Gasteiger partial charge in [-0.1, -0.05) is 54.1 Å². The molecule has 0 bridgehead atoms. The lowest BCUT2D eigenvalue weighted by Gasteiger charge is -2.14. The number of amides is 3. The second-order valence-electron chi connectivity index (χ2n) is 10.6. The number of hydrogen-bond acceptors (Lipinski definition) is 8. The highest BCUT2D eigenvalue weighted by Crippen LogP contribution is 2.30. The van der Waals surface area contributed by atoms with Gasteiger partial charge in [0.25, 0.3) is 11.8 Å². The van der Waals surface area contributed by atoms with Gasteiger partial charge in [-0.2, -0.15) is 0 Å². The van der Waals surface area contributed by atoms with Crippen molar-refractivity contribution in [3.05, 3.63) is 125 Å². The average molecular weight is 679 g/mol. The lowest BCUT2D eigenvalue weighted by Crippen LogP contribution is -2.30. The first-order valence-electron chi connectivity index (χ1n) is 14.9. The normalized spacial score (nSPS) is 11.7. The summed E-state index contributed by atoms with van der Waals surface area (Å²) in [6, 6.07) is 29.0. The molecule has 9 nitrogen and oxygen atoms in total. The number of nitrogens with zero attached hydrogens (tertiary/aromatic N) is 1. The van der Waals surface area contributed by atoms with Crippen molar-refractivity contribution in [1.29, 1.82) is 0 Å². The highest BCUT2D eigenvalue weighted by molar-refractivity contribution is 8.00. The number of rotatable bonds is 12. The van der Waals surface area contributed by atoms with E-state index in [4.69, 9.17) is 9.47 Å². The van der Waals surface area contributed by atoms with Crippen molar-refractivity contribution in [3.8, 4) is 22.8 Å². The van der Waals surface area contributed by atoms with E-state index in [1.54, 1.807) is 79.9 Å². The van der Waals surface area contributed by atoms with Gasteiger partial charge in [-0.25, -0.2) is 4.98 Å². The molecule has 0 aliphatic carbocycles. The molecular weight excluding hydrogens is 645 g/mol. The highest BCUT2D eigenvalue weighted by atomic mass is 32.2. The van der Waals surface area contributed by atoms with Crippen LogP contribution in [0.1, 0.15) is 28.4 Å². The molecule has 0 spiro atoms. The van der Waals surface area contributed by atoms with Crippen molar-refractivity contribution < 1.29 is 23.9 Å². The smallest absolute Gasteiger partial charge is 0.272 e. The Bertz CT molecular complexity index is 1940. The van der Waals surface area contributed by atoms with Crippen molar-refractivity contribution >= 4 is 57.7 Å². The van der Waals surface area contributed by atoms with Gasteiger partial charge in [0.1, 0.15) is 17.2 Å². The van der Waals surface area contributed by atoms with E-state index in [0.29, 0.717) is 33.4 Å². The van der Waals surface area contributed by atoms with Gasteiger partial charge >= 0.3 is 0 Å². The number of thiazole rings is 1. The monoisotopic (exact) mass is 678 g/mol. The number of carbonyl (C=O) groups is 3. The predicted molar refractivity (Wildman–Crippen MR) is 193 cm³/mol. The zero-order valence-corrected chi connectivity index (χ0v) is 28.4. The number of methoxy groups -OCH3 is 2. The second kappa shape index (κ2) is 15.9. The number of thioether (sulfide) groups is 1. The zero-order chi connectivity index (χ0) is 34.0. The summed E-state index contributed by atoms with van der Waals surface area (Å²) in [6.07, 6.45) is 1.54. The molecule has 244 valence electrons. The molecule has 0 radical (unpaired) electrons. The Morgan fingerprint density at radius 2 is 1.65 bits per heavy atom. The molecule has 4 aromatic carbocycles. The predicted octanol–water partition coefficient (Wildman–Crippen LogP) is 7.66. The van der Waals surface area contributed by atoms with Crippen molar-refractivity contribution in [2.24, 2.45) is 0 Å². The largest absolute Gasteiger partial charge is 0.497 e. The van der Waals surface area contributed by atoms with Gasteiger partial charge in [0.15, 0.2) is 5.13 Å². The minimum atomic E-state index is -0.543. The van der Waals surface area contributed by atoms with Crippen LogP contribution in [-0.2, 0) is 9.59 Å². The number of aryl methyl sites for hydroxylation is 1. The first kappa shape index (κ1) is 34.0. The van der Waals surface area contributed by atoms with Crippen LogP contribution in [0.25, 0.3) is 17.3 Å². The molecule has 0 aliphatic rings. The highest BCUT2D eigenvalue weighted by Gasteiger charge is 2.19. The Morgan fingerprint density at radius 3 is 2.38 bits per heavy atom. The average Bonchev–Trinajstić information content (AvgIpc) is 3.57. The van der Waals surface area contributed by atoms with Gasteiger partial charge in [-0.05, 0) is 62.4 Å². The number of ether oxygens (including phenoxy) is 2. The molecule has 3 amide bonds. The molecule has 0 saturated carbocycles. The standard InChI is InChI=1S/C37H34N4O5S2/c1-23-13-15-25(16-14-23)32-22-47-37(40-32)41-34(42)24(2)48-30-12-8-11-28(20-30)38-36(44)31(39-35(43)26-9-6-5-7-10-26)19-27-17-18-29(45-3)21-33(27)46-4/h5-22,24H,1-4H3,(H,38,44)(H,39,43)(H,40,41,42)/b31-19+. The summed E-state index contributed by atoms with van der Waals surface area (Å²) in [5.74, 6) is -0.137. The molecule has 1 aromatic heterocycles. The Labute approximate surface area is 287 Å². The van der Waals surface area contributed by atoms with Crippen LogP contribution in [0.3, 0.4) is 0 Å². The Morgan fingerprint density at radius 1 is 0.875 bits per heavy atom. The molecule has 0 saturated heterocycles. The maximum Gasteiger partial charge on any atom is 0.272 e. The summed E-state index contributed by atoms with van der Waals surface area (Å²) in [6.45, 7) is 3.84. The molecule has 3 N–H and O–H groups in total. The quantitative estimate of drug-likeness (QED) is 0.0916. The fraction of sp³-hybridized carbons (Fsp3) is 0.135. The van der Waals surface area contributed by atoms with Crippen molar-refractivity contribution in [3.63, 3.8) is 0 Å². The van der Waals surface area contributed by atoms with Crippen LogP contribution in [0, 0.1) is 6.92 Å². The molecule has 5 aromatic rings. The van der Waals surface area contributed by atoms with Crippen LogP contribution >= 0.6 is 23.1 Å².